The van der Waals surface area contributed by atoms with Gasteiger partial charge in [0.15, 0.2) is 0 Å². The van der Waals surface area contributed by atoms with Crippen molar-refractivity contribution < 1.29 is 27.5 Å². The molecule has 2 unspecified atom stereocenters. The largest absolute Gasteiger partial charge is 0.497 e. The van der Waals surface area contributed by atoms with Crippen LogP contribution in [0.25, 0.3) is 0 Å². The van der Waals surface area contributed by atoms with Crippen LogP contribution in [0.5, 0.6) is 11.5 Å². The topological polar surface area (TPSA) is 105 Å². The molecule has 3 aromatic rings. The van der Waals surface area contributed by atoms with Crippen LogP contribution in [0.2, 0.25) is 0 Å². The normalized spacial score (nSPS) is 12.6. The molecule has 0 aliphatic heterocycles. The van der Waals surface area contributed by atoms with Crippen LogP contribution in [0.4, 0.5) is 5.69 Å². The van der Waals surface area contributed by atoms with Crippen LogP contribution in [0.15, 0.2) is 83.8 Å². The van der Waals surface area contributed by atoms with Gasteiger partial charge >= 0.3 is 0 Å². The van der Waals surface area contributed by atoms with Crippen LogP contribution in [-0.4, -0.2) is 58.0 Å². The average Bonchev–Trinajstić information content (AvgIpc) is 3.00. The van der Waals surface area contributed by atoms with Gasteiger partial charge in [0.25, 0.3) is 10.0 Å². The number of rotatable bonds is 14. The van der Waals surface area contributed by atoms with Crippen molar-refractivity contribution in [3.63, 3.8) is 0 Å². The molecule has 2 amide bonds. The summed E-state index contributed by atoms with van der Waals surface area (Å²) in [4.78, 5) is 29.0. The standard InChI is InChI=1S/C31H39N3O6S/c1-6-23(3)32-31(36)29(7-2)33(21-24-12-11-13-27(20-24)40-5)30(35)22-34(25-16-18-26(39-4)19-17-25)41(37,38)28-14-9-8-10-15-28/h8-20,23,29H,6-7,21-22H2,1-5H3,(H,32,36). The minimum Gasteiger partial charge on any atom is -0.497 e. The number of nitrogens with zero attached hydrogens (tertiary/aromatic N) is 2. The third kappa shape index (κ3) is 8.00. The molecule has 9 nitrogen and oxygen atoms in total. The highest BCUT2D eigenvalue weighted by molar-refractivity contribution is 7.92. The van der Waals surface area contributed by atoms with Crippen molar-refractivity contribution in [1.29, 1.82) is 0 Å². The molecule has 0 aliphatic carbocycles. The van der Waals surface area contributed by atoms with E-state index in [1.807, 2.05) is 26.8 Å². The van der Waals surface area contributed by atoms with Crippen molar-refractivity contribution in [3.8, 4) is 11.5 Å². The van der Waals surface area contributed by atoms with Gasteiger partial charge in [-0.15, -0.1) is 0 Å². The summed E-state index contributed by atoms with van der Waals surface area (Å²) < 4.78 is 39.4. The zero-order valence-electron chi connectivity index (χ0n) is 24.2. The predicted molar refractivity (Wildman–Crippen MR) is 159 cm³/mol. The van der Waals surface area contributed by atoms with Gasteiger partial charge in [-0.1, -0.05) is 44.2 Å². The number of methoxy groups -OCH3 is 2. The number of hydrogen-bond donors (Lipinski definition) is 1. The molecule has 3 aromatic carbocycles. The van der Waals surface area contributed by atoms with E-state index in [1.54, 1.807) is 67.8 Å². The Labute approximate surface area is 243 Å². The fourth-order valence-corrected chi connectivity index (χ4v) is 5.76. The number of carbonyl (C=O) groups excluding carboxylic acids is 2. The smallest absolute Gasteiger partial charge is 0.264 e. The number of nitrogens with one attached hydrogen (secondary N) is 1. The van der Waals surface area contributed by atoms with Gasteiger partial charge in [-0.3, -0.25) is 13.9 Å². The second-order valence-corrected chi connectivity index (χ2v) is 11.5. The first-order valence-electron chi connectivity index (χ1n) is 13.6. The first-order valence-corrected chi connectivity index (χ1v) is 15.0. The van der Waals surface area contributed by atoms with Gasteiger partial charge in [0, 0.05) is 12.6 Å². The summed E-state index contributed by atoms with van der Waals surface area (Å²) in [5.41, 5.74) is 1.04. The number of hydrogen-bond acceptors (Lipinski definition) is 6. The van der Waals surface area contributed by atoms with Crippen LogP contribution >= 0.6 is 0 Å². The van der Waals surface area contributed by atoms with E-state index in [4.69, 9.17) is 9.47 Å². The summed E-state index contributed by atoms with van der Waals surface area (Å²) in [6, 6.07) is 20.7. The van der Waals surface area contributed by atoms with Crippen molar-refractivity contribution in [2.24, 2.45) is 0 Å². The van der Waals surface area contributed by atoms with Crippen LogP contribution in [0.3, 0.4) is 0 Å². The maximum absolute atomic E-state index is 14.1. The van der Waals surface area contributed by atoms with Crippen LogP contribution < -0.4 is 19.1 Å². The molecule has 0 heterocycles. The first-order chi connectivity index (χ1) is 19.6. The SMILES string of the molecule is CCC(C)NC(=O)C(CC)N(Cc1cccc(OC)c1)C(=O)CN(c1ccc(OC)cc1)S(=O)(=O)c1ccccc1. The third-order valence-corrected chi connectivity index (χ3v) is 8.63. The van der Waals surface area contributed by atoms with Gasteiger partial charge in [-0.2, -0.15) is 0 Å². The highest BCUT2D eigenvalue weighted by Gasteiger charge is 2.34. The van der Waals surface area contributed by atoms with Gasteiger partial charge < -0.3 is 19.7 Å². The van der Waals surface area contributed by atoms with Crippen molar-refractivity contribution in [2.45, 2.75) is 57.1 Å². The summed E-state index contributed by atoms with van der Waals surface area (Å²) in [5, 5.41) is 2.97. The number of anilines is 1. The minimum absolute atomic E-state index is 0.0459. The molecule has 41 heavy (non-hydrogen) atoms. The van der Waals surface area contributed by atoms with Gasteiger partial charge in [0.05, 0.1) is 24.8 Å². The summed E-state index contributed by atoms with van der Waals surface area (Å²) in [5.74, 6) is 0.345. The Morgan fingerprint density at radius 2 is 1.51 bits per heavy atom. The van der Waals surface area contributed by atoms with E-state index in [0.717, 1.165) is 16.3 Å². The average molecular weight is 582 g/mol. The first kappa shape index (κ1) is 31.5. The fraction of sp³-hybridized carbons (Fsp3) is 0.355. The van der Waals surface area contributed by atoms with E-state index < -0.39 is 28.5 Å². The minimum atomic E-state index is -4.14. The lowest BCUT2D eigenvalue weighted by Crippen LogP contribution is -2.53. The Hall–Kier alpha value is -4.05. The van der Waals surface area contributed by atoms with Gasteiger partial charge in [-0.05, 0) is 73.9 Å². The Kier molecular flexibility index (Phi) is 11.2. The van der Waals surface area contributed by atoms with E-state index >= 15 is 0 Å². The maximum atomic E-state index is 14.1. The molecular formula is C31H39N3O6S. The van der Waals surface area contributed by atoms with E-state index in [-0.39, 0.29) is 23.4 Å². The van der Waals surface area contributed by atoms with Crippen LogP contribution in [0.1, 0.15) is 39.2 Å². The Morgan fingerprint density at radius 3 is 2.10 bits per heavy atom. The Bertz CT molecular complexity index is 1400. The number of carbonyl (C=O) groups is 2. The lowest BCUT2D eigenvalue weighted by atomic mass is 10.1. The second kappa shape index (κ2) is 14.5. The van der Waals surface area contributed by atoms with Gasteiger partial charge in [0.2, 0.25) is 11.8 Å². The molecule has 0 radical (unpaired) electrons. The van der Waals surface area contributed by atoms with E-state index in [1.165, 1.54) is 24.1 Å². The third-order valence-electron chi connectivity index (χ3n) is 6.84. The lowest BCUT2D eigenvalue weighted by Gasteiger charge is -2.33. The number of ether oxygens (including phenoxy) is 2. The quantitative estimate of drug-likeness (QED) is 0.298. The monoisotopic (exact) mass is 581 g/mol. The molecule has 0 saturated heterocycles. The van der Waals surface area contributed by atoms with Gasteiger partial charge in [0.1, 0.15) is 24.1 Å². The molecule has 0 saturated carbocycles. The summed E-state index contributed by atoms with van der Waals surface area (Å²) >= 11 is 0. The van der Waals surface area contributed by atoms with Crippen LogP contribution in [0, 0.1) is 0 Å². The Balaban J connectivity index is 2.06. The molecule has 0 fully saturated rings. The molecule has 0 spiro atoms. The molecule has 3 rings (SSSR count). The van der Waals surface area contributed by atoms with Crippen molar-refractivity contribution in [1.82, 2.24) is 10.2 Å². The molecule has 1 N–H and O–H groups in total. The van der Waals surface area contributed by atoms with Crippen molar-refractivity contribution >= 4 is 27.5 Å². The van der Waals surface area contributed by atoms with Crippen molar-refractivity contribution in [2.75, 3.05) is 25.1 Å². The molecule has 0 bridgehead atoms. The number of sulfonamides is 1. The fourth-order valence-electron chi connectivity index (χ4n) is 4.33. The molecule has 220 valence electrons. The number of amides is 2. The predicted octanol–water partition coefficient (Wildman–Crippen LogP) is 4.62. The molecular weight excluding hydrogens is 542 g/mol. The zero-order valence-corrected chi connectivity index (χ0v) is 25.1. The van der Waals surface area contributed by atoms with E-state index in [0.29, 0.717) is 23.6 Å². The second-order valence-electron chi connectivity index (χ2n) is 9.64. The summed E-state index contributed by atoms with van der Waals surface area (Å²) in [7, 11) is -1.07. The molecule has 0 aliphatic rings. The summed E-state index contributed by atoms with van der Waals surface area (Å²) in [6.45, 7) is 5.27. The van der Waals surface area contributed by atoms with E-state index in [9.17, 15) is 18.0 Å². The highest BCUT2D eigenvalue weighted by atomic mass is 32.2. The molecule has 10 heteroatoms. The Morgan fingerprint density at radius 1 is 0.854 bits per heavy atom. The summed E-state index contributed by atoms with van der Waals surface area (Å²) in [6.07, 6.45) is 1.07. The highest BCUT2D eigenvalue weighted by Crippen LogP contribution is 2.27. The maximum Gasteiger partial charge on any atom is 0.264 e. The van der Waals surface area contributed by atoms with Crippen molar-refractivity contribution in [3.05, 3.63) is 84.4 Å². The number of benzene rings is 3. The molecule has 0 aromatic heterocycles. The van der Waals surface area contributed by atoms with Crippen LogP contribution in [-0.2, 0) is 26.2 Å². The zero-order chi connectivity index (χ0) is 30.0. The molecule has 2 atom stereocenters. The van der Waals surface area contributed by atoms with E-state index in [2.05, 4.69) is 5.32 Å². The van der Waals surface area contributed by atoms with Gasteiger partial charge in [-0.25, -0.2) is 8.42 Å². The lowest BCUT2D eigenvalue weighted by molar-refractivity contribution is -0.140.